The number of nitrogens with one attached hydrogen (secondary N) is 1. The van der Waals surface area contributed by atoms with Gasteiger partial charge in [0.15, 0.2) is 6.42 Å². The molecular formula is C17H28N3O3PS3. The molecule has 0 radical (unpaired) electrons. The Kier molecular flexibility index (Phi) is 11.0. The number of nitrogens with zero attached hydrogens (tertiary/aromatic N) is 2. The van der Waals surface area contributed by atoms with Crippen molar-refractivity contribution in [2.45, 2.75) is 46.8 Å². The third-order valence-electron chi connectivity index (χ3n) is 3.10. The Morgan fingerprint density at radius 3 is 2.44 bits per heavy atom. The highest BCUT2D eigenvalue weighted by Gasteiger charge is 2.33. The number of amides is 1. The van der Waals surface area contributed by atoms with Gasteiger partial charge in [0, 0.05) is 11.3 Å². The summed E-state index contributed by atoms with van der Waals surface area (Å²) in [6.07, 6.45) is -1.23. The van der Waals surface area contributed by atoms with Crippen LogP contribution in [0.15, 0.2) is 35.5 Å². The number of rotatable bonds is 9. The molecule has 0 saturated heterocycles. The summed E-state index contributed by atoms with van der Waals surface area (Å²) in [5.41, 5.74) is 0. The van der Waals surface area contributed by atoms with E-state index in [2.05, 4.69) is 28.4 Å². The molecule has 27 heavy (non-hydrogen) atoms. The molecule has 0 bridgehead atoms. The van der Waals surface area contributed by atoms with Crippen molar-refractivity contribution < 1.29 is 14.2 Å². The minimum absolute atomic E-state index is 0.0142. The van der Waals surface area contributed by atoms with Gasteiger partial charge >= 0.3 is 6.09 Å². The van der Waals surface area contributed by atoms with Gasteiger partial charge in [-0.3, -0.25) is 4.84 Å². The summed E-state index contributed by atoms with van der Waals surface area (Å²) in [4.78, 5) is 16.6. The molecule has 0 heterocycles. The van der Waals surface area contributed by atoms with Gasteiger partial charge in [-0.15, -0.1) is 11.8 Å². The first kappa shape index (κ1) is 24.5. The third kappa shape index (κ3) is 8.13. The molecule has 0 spiro atoms. The molecular weight excluding hydrogens is 421 g/mol. The van der Waals surface area contributed by atoms with Crippen LogP contribution in [0.1, 0.15) is 34.6 Å². The van der Waals surface area contributed by atoms with E-state index < -0.39 is 12.5 Å². The lowest BCUT2D eigenvalue weighted by molar-refractivity contribution is 0.153. The van der Waals surface area contributed by atoms with E-state index in [0.717, 1.165) is 5.30 Å². The largest absolute Gasteiger partial charge is 0.434 e. The van der Waals surface area contributed by atoms with E-state index in [9.17, 15) is 4.79 Å². The third-order valence-corrected chi connectivity index (χ3v) is 10.1. The molecule has 6 nitrogen and oxygen atoms in total. The second-order valence-corrected chi connectivity index (χ2v) is 11.9. The summed E-state index contributed by atoms with van der Waals surface area (Å²) in [6.45, 7) is 9.85. The van der Waals surface area contributed by atoms with Gasteiger partial charge in [0.05, 0.1) is 12.0 Å². The molecule has 0 saturated carbocycles. The number of oxime groups is 1. The lowest BCUT2D eigenvalue weighted by Crippen LogP contribution is -2.32. The van der Waals surface area contributed by atoms with Crippen molar-refractivity contribution >= 4 is 58.4 Å². The van der Waals surface area contributed by atoms with Crippen LogP contribution in [0.25, 0.3) is 0 Å². The minimum Gasteiger partial charge on any atom is -0.331 e. The van der Waals surface area contributed by atoms with Crippen LogP contribution in [0.3, 0.4) is 0 Å². The molecule has 0 aliphatic rings. The molecule has 152 valence electrons. The molecule has 1 N–H and O–H groups in total. The monoisotopic (exact) mass is 449 g/mol. The summed E-state index contributed by atoms with van der Waals surface area (Å²) in [5.74, 6) is 0.303. The smallest absolute Gasteiger partial charge is 0.331 e. The second-order valence-electron chi connectivity index (χ2n) is 6.05. The standard InChI is InChI=1S/C17H28N3O3PS3/c1-13(2)20(27-12-18-17(21)22-19-15(5)26-6)24(25,23-14(3)4)16-10-8-7-9-11-16/h7-11,13-14H,12H2,1-6H3,(H,18,21)/b19-15+. The van der Waals surface area contributed by atoms with E-state index in [1.54, 1.807) is 6.92 Å². The van der Waals surface area contributed by atoms with E-state index in [1.165, 1.54) is 23.7 Å². The predicted octanol–water partition coefficient (Wildman–Crippen LogP) is 4.79. The summed E-state index contributed by atoms with van der Waals surface area (Å²) < 4.78 is 8.34. The highest BCUT2D eigenvalue weighted by Crippen LogP contribution is 2.55. The predicted molar refractivity (Wildman–Crippen MR) is 122 cm³/mol. The zero-order chi connectivity index (χ0) is 20.4. The van der Waals surface area contributed by atoms with Crippen LogP contribution in [0, 0.1) is 0 Å². The van der Waals surface area contributed by atoms with Crippen molar-refractivity contribution in [3.05, 3.63) is 30.3 Å². The molecule has 1 aromatic rings. The average molecular weight is 450 g/mol. The molecule has 1 unspecified atom stereocenters. The van der Waals surface area contributed by atoms with Gasteiger partial charge in [-0.2, -0.15) is 4.08 Å². The molecule has 10 heteroatoms. The number of thioether (sulfide) groups is 1. The van der Waals surface area contributed by atoms with Gasteiger partial charge in [-0.05, 0) is 52.7 Å². The van der Waals surface area contributed by atoms with Crippen molar-refractivity contribution in [2.24, 2.45) is 5.16 Å². The van der Waals surface area contributed by atoms with E-state index in [1.807, 2.05) is 50.4 Å². The topological polar surface area (TPSA) is 63.2 Å². The summed E-state index contributed by atoms with van der Waals surface area (Å²) in [7, 11) is 0. The Bertz CT molecular complexity index is 672. The van der Waals surface area contributed by atoms with Crippen LogP contribution in [-0.4, -0.2) is 39.5 Å². The first-order valence-electron chi connectivity index (χ1n) is 8.50. The Labute approximate surface area is 176 Å². The van der Waals surface area contributed by atoms with Crippen LogP contribution in [0.4, 0.5) is 4.79 Å². The summed E-state index contributed by atoms with van der Waals surface area (Å²) in [6, 6.07) is 10.0. The molecule has 1 amide bonds. The lowest BCUT2D eigenvalue weighted by atomic mass is 10.4. The highest BCUT2D eigenvalue weighted by atomic mass is 32.5. The molecule has 0 aliphatic carbocycles. The zero-order valence-electron chi connectivity index (χ0n) is 16.5. The van der Waals surface area contributed by atoms with Gasteiger partial charge in [-0.1, -0.05) is 47.4 Å². The fraction of sp³-hybridized carbons (Fsp3) is 0.529. The number of hydrogen-bond acceptors (Lipinski definition) is 7. The van der Waals surface area contributed by atoms with Crippen molar-refractivity contribution in [1.82, 2.24) is 9.39 Å². The maximum absolute atomic E-state index is 11.8. The first-order valence-corrected chi connectivity index (χ1v) is 13.3. The number of carbonyl (C=O) groups excluding carboxylic acids is 1. The number of benzene rings is 1. The average Bonchev–Trinajstić information content (AvgIpc) is 2.62. The molecule has 1 rings (SSSR count). The molecule has 0 fully saturated rings. The minimum atomic E-state index is -2.48. The number of hydrogen-bond donors (Lipinski definition) is 1. The maximum Gasteiger partial charge on any atom is 0.434 e. The van der Waals surface area contributed by atoms with Gasteiger partial charge in [-0.25, -0.2) is 4.79 Å². The molecule has 0 aliphatic heterocycles. The summed E-state index contributed by atoms with van der Waals surface area (Å²) >= 11 is 8.89. The summed E-state index contributed by atoms with van der Waals surface area (Å²) in [5, 5.41) is 8.06. The van der Waals surface area contributed by atoms with Crippen LogP contribution in [0.2, 0.25) is 0 Å². The maximum atomic E-state index is 11.8. The second kappa shape index (κ2) is 12.1. The van der Waals surface area contributed by atoms with Gasteiger partial charge < -0.3 is 9.84 Å². The lowest BCUT2D eigenvalue weighted by Gasteiger charge is -2.37. The number of carbonyl (C=O) groups is 1. The van der Waals surface area contributed by atoms with E-state index >= 15 is 0 Å². The van der Waals surface area contributed by atoms with Crippen LogP contribution in [-0.2, 0) is 21.2 Å². The Balaban J connectivity index is 2.88. The van der Waals surface area contributed by atoms with Gasteiger partial charge in [0.25, 0.3) is 0 Å². The SMILES string of the molecule is CS/C(C)=N/OC(=O)NCSN(C(C)C)P(=S)(OC(C)C)c1ccccc1. The Morgan fingerprint density at radius 1 is 1.30 bits per heavy atom. The molecule has 1 aromatic carbocycles. The Morgan fingerprint density at radius 2 is 1.93 bits per heavy atom. The van der Waals surface area contributed by atoms with Crippen LogP contribution >= 0.6 is 30.1 Å². The van der Waals surface area contributed by atoms with Crippen molar-refractivity contribution in [2.75, 3.05) is 12.1 Å². The fourth-order valence-electron chi connectivity index (χ4n) is 1.98. The van der Waals surface area contributed by atoms with Crippen molar-refractivity contribution in [3.63, 3.8) is 0 Å². The fourth-order valence-corrected chi connectivity index (χ4v) is 7.93. The normalized spacial score (nSPS) is 14.5. The van der Waals surface area contributed by atoms with Crippen LogP contribution < -0.4 is 10.6 Å². The van der Waals surface area contributed by atoms with Crippen LogP contribution in [0.5, 0.6) is 0 Å². The van der Waals surface area contributed by atoms with E-state index in [0.29, 0.717) is 10.9 Å². The quantitative estimate of drug-likeness (QED) is 0.111. The van der Waals surface area contributed by atoms with E-state index in [4.69, 9.17) is 21.2 Å². The van der Waals surface area contributed by atoms with Crippen molar-refractivity contribution in [1.29, 1.82) is 0 Å². The highest BCUT2D eigenvalue weighted by molar-refractivity contribution is 8.20. The van der Waals surface area contributed by atoms with Gasteiger partial charge in [0.2, 0.25) is 0 Å². The Hall–Kier alpha value is -0.570. The first-order chi connectivity index (χ1) is 12.7. The molecule has 0 aromatic heterocycles. The van der Waals surface area contributed by atoms with Crippen molar-refractivity contribution in [3.8, 4) is 0 Å². The van der Waals surface area contributed by atoms with Gasteiger partial charge in [0.1, 0.15) is 5.04 Å². The van der Waals surface area contributed by atoms with E-state index in [-0.39, 0.29) is 12.1 Å². The molecule has 1 atom stereocenters. The zero-order valence-corrected chi connectivity index (χ0v) is 19.9.